The zero-order valence-electron chi connectivity index (χ0n) is 28.8. The van der Waals surface area contributed by atoms with E-state index in [1.54, 1.807) is 24.3 Å². The quantitative estimate of drug-likeness (QED) is 0.0751. The van der Waals surface area contributed by atoms with Gasteiger partial charge in [-0.1, -0.05) is 53.0 Å². The Bertz CT molecular complexity index is 1090. The highest BCUT2D eigenvalue weighted by atomic mass is 32.1. The number of aliphatic hydroxyl groups excluding tert-OH is 1. The third kappa shape index (κ3) is 18.5. The second-order valence-corrected chi connectivity index (χ2v) is 11.5. The van der Waals surface area contributed by atoms with E-state index in [2.05, 4.69) is 91.5 Å². The van der Waals surface area contributed by atoms with Crippen molar-refractivity contribution in [2.45, 2.75) is 87.0 Å². The molecule has 0 saturated carbocycles. The number of nitrogens with zero attached hydrogens (tertiary/aromatic N) is 3. The number of fused-ring (bicyclic) bond motifs is 1. The summed E-state index contributed by atoms with van der Waals surface area (Å²) in [4.78, 5) is 21.3. The maximum absolute atomic E-state index is 10.0. The van der Waals surface area contributed by atoms with E-state index in [-0.39, 0.29) is 18.1 Å². The molecule has 9 heteroatoms. The minimum Gasteiger partial charge on any atom is -0.508 e. The maximum Gasteiger partial charge on any atom is 0.145 e. The summed E-state index contributed by atoms with van der Waals surface area (Å²) in [5.74, 6) is 0.604. The Morgan fingerprint density at radius 3 is 2.25 bits per heavy atom. The number of nitrogens with two attached hydrogens (primary N) is 1. The Hall–Kier alpha value is -3.11. The summed E-state index contributed by atoms with van der Waals surface area (Å²) in [7, 11) is 2.11. The molecule has 0 spiro atoms. The van der Waals surface area contributed by atoms with Gasteiger partial charge in [0.25, 0.3) is 0 Å². The highest BCUT2D eigenvalue weighted by molar-refractivity contribution is 7.10. The van der Waals surface area contributed by atoms with E-state index in [1.807, 2.05) is 26.8 Å². The molecule has 3 rings (SSSR count). The van der Waals surface area contributed by atoms with Gasteiger partial charge >= 0.3 is 0 Å². The number of aldehydes is 1. The van der Waals surface area contributed by atoms with Crippen LogP contribution < -0.4 is 16.4 Å². The number of aliphatic imine (C=N–C) groups is 2. The summed E-state index contributed by atoms with van der Waals surface area (Å²) in [6.07, 6.45) is 11.1. The van der Waals surface area contributed by atoms with Gasteiger partial charge in [0.15, 0.2) is 0 Å². The van der Waals surface area contributed by atoms with Crippen LogP contribution in [0.3, 0.4) is 0 Å². The lowest BCUT2D eigenvalue weighted by Gasteiger charge is -2.29. The van der Waals surface area contributed by atoms with Crippen molar-refractivity contribution in [2.75, 3.05) is 26.7 Å². The molecule has 5 N–H and O–H groups in total. The molecule has 0 aromatic carbocycles. The zero-order chi connectivity index (χ0) is 34.1. The van der Waals surface area contributed by atoms with Gasteiger partial charge in [0.05, 0.1) is 6.34 Å². The van der Waals surface area contributed by atoms with Crippen molar-refractivity contribution < 1.29 is 9.90 Å². The van der Waals surface area contributed by atoms with Crippen molar-refractivity contribution in [2.24, 2.45) is 21.6 Å². The minimum atomic E-state index is -0.149. The molecule has 1 aliphatic carbocycles. The number of nitrogens with one attached hydrogen (secondary N) is 2. The summed E-state index contributed by atoms with van der Waals surface area (Å²) < 4.78 is 0. The van der Waals surface area contributed by atoms with Gasteiger partial charge in [0, 0.05) is 34.9 Å². The van der Waals surface area contributed by atoms with Gasteiger partial charge in [-0.15, -0.1) is 17.9 Å². The molecule has 0 bridgehead atoms. The van der Waals surface area contributed by atoms with Gasteiger partial charge in [0.2, 0.25) is 0 Å². The van der Waals surface area contributed by atoms with E-state index in [0.29, 0.717) is 11.3 Å². The molecule has 2 aliphatic rings. The Morgan fingerprint density at radius 2 is 1.84 bits per heavy atom. The SMILES string of the molecule is C=C(C)C=O.C=CC.C=CN=C(C)C.CCC1=CC(NC(/N=C\N)c2csc3c2CCNC3)C(C)C=C1O.CCN(C)CC. The van der Waals surface area contributed by atoms with Gasteiger partial charge in [-0.05, 0) is 101 Å². The monoisotopic (exact) mass is 628 g/mol. The van der Waals surface area contributed by atoms with Crippen molar-refractivity contribution >= 4 is 29.7 Å². The van der Waals surface area contributed by atoms with Crippen LogP contribution in [-0.4, -0.2) is 61.1 Å². The second-order valence-electron chi connectivity index (χ2n) is 10.5. The first-order valence-corrected chi connectivity index (χ1v) is 16.2. The maximum atomic E-state index is 10.0. The number of carbonyl (C=O) groups is 1. The Balaban J connectivity index is 0. The number of carbonyl (C=O) groups excluding carboxylic acids is 1. The molecule has 0 amide bonds. The van der Waals surface area contributed by atoms with E-state index in [9.17, 15) is 9.90 Å². The fraction of sp³-hybridized carbons (Fsp3) is 0.514. The normalized spacial score (nSPS) is 17.1. The van der Waals surface area contributed by atoms with Crippen LogP contribution in [0.2, 0.25) is 0 Å². The van der Waals surface area contributed by atoms with E-state index in [4.69, 9.17) is 5.73 Å². The van der Waals surface area contributed by atoms with Crippen molar-refractivity contribution in [3.8, 4) is 0 Å². The summed E-state index contributed by atoms with van der Waals surface area (Å²) >= 11 is 1.79. The Morgan fingerprint density at radius 1 is 1.25 bits per heavy atom. The first-order valence-electron chi connectivity index (χ1n) is 15.3. The number of thiophene rings is 1. The fourth-order valence-electron chi connectivity index (χ4n) is 3.81. The van der Waals surface area contributed by atoms with Crippen LogP contribution in [0.5, 0.6) is 0 Å². The number of hydrogen-bond acceptors (Lipinski definition) is 8. The van der Waals surface area contributed by atoms with Crippen molar-refractivity contribution in [3.63, 3.8) is 0 Å². The van der Waals surface area contributed by atoms with Gasteiger partial charge in [0.1, 0.15) is 18.2 Å². The number of aliphatic hydroxyl groups is 1. The van der Waals surface area contributed by atoms with E-state index in [1.165, 1.54) is 28.5 Å². The molecular weight excluding hydrogens is 568 g/mol. The average molecular weight is 629 g/mol. The zero-order valence-corrected chi connectivity index (χ0v) is 29.6. The number of allylic oxidation sites excluding steroid dienone is 3. The molecule has 2 heterocycles. The standard InChI is InChI=1S/C18H26N4OS.C5H13N.C5H9N.C4H6O.C3H6/c1-3-12-7-15(11(2)6-16(12)23)22-18(21-10-19)14-9-24-17-8-20-5-4-13(14)17;1-4-6(3)5-2;1-4-6-5(2)3;1-4(2)3-5;1-3-2/h6-7,9-11,15,18,20,22-23H,3-5,8H2,1-2H3,(H2,19,21);4-5H2,1-3H3;4H,1H2,2-3H3;3H,1H2,2H3;3H,1H2,2H3. The van der Waals surface area contributed by atoms with Crippen LogP contribution in [0.4, 0.5) is 0 Å². The topological polar surface area (TPSA) is 115 Å². The van der Waals surface area contributed by atoms with Crippen LogP contribution in [0.15, 0.2) is 76.4 Å². The minimum absolute atomic E-state index is 0.127. The van der Waals surface area contributed by atoms with Gasteiger partial charge < -0.3 is 21.1 Å². The smallest absolute Gasteiger partial charge is 0.145 e. The van der Waals surface area contributed by atoms with Crippen LogP contribution in [0.1, 0.15) is 84.0 Å². The fourth-order valence-corrected chi connectivity index (χ4v) is 4.90. The summed E-state index contributed by atoms with van der Waals surface area (Å²) in [6.45, 7) is 30.2. The molecule has 8 nitrogen and oxygen atoms in total. The van der Waals surface area contributed by atoms with Crippen molar-refractivity contribution in [1.82, 2.24) is 15.5 Å². The molecule has 1 aromatic heterocycles. The van der Waals surface area contributed by atoms with Gasteiger partial charge in [-0.2, -0.15) is 0 Å². The third-order valence-electron chi connectivity index (χ3n) is 6.44. The molecular formula is C35H60N6O2S. The first kappa shape index (κ1) is 43.0. The lowest BCUT2D eigenvalue weighted by Crippen LogP contribution is -2.37. The summed E-state index contributed by atoms with van der Waals surface area (Å²) in [6, 6.07) is 0.127. The molecule has 248 valence electrons. The molecule has 1 aromatic rings. The third-order valence-corrected chi connectivity index (χ3v) is 7.49. The first-order chi connectivity index (χ1) is 20.9. The largest absolute Gasteiger partial charge is 0.508 e. The molecule has 3 atom stereocenters. The van der Waals surface area contributed by atoms with Gasteiger partial charge in [-0.25, -0.2) is 0 Å². The second kappa shape index (κ2) is 26.3. The molecule has 44 heavy (non-hydrogen) atoms. The van der Waals surface area contributed by atoms with E-state index >= 15 is 0 Å². The van der Waals surface area contributed by atoms with E-state index < -0.39 is 0 Å². The molecule has 0 fully saturated rings. The molecule has 0 radical (unpaired) electrons. The predicted molar refractivity (Wildman–Crippen MR) is 195 cm³/mol. The predicted octanol–water partition coefficient (Wildman–Crippen LogP) is 7.29. The molecule has 0 saturated heterocycles. The Kier molecular flexibility index (Phi) is 25.7. The van der Waals surface area contributed by atoms with Crippen molar-refractivity contribution in [3.05, 3.63) is 82.5 Å². The highest BCUT2D eigenvalue weighted by Crippen LogP contribution is 2.32. The number of rotatable bonds is 9. The molecule has 1 aliphatic heterocycles. The van der Waals surface area contributed by atoms with Crippen molar-refractivity contribution in [1.29, 1.82) is 0 Å². The molecule has 3 unspecified atom stereocenters. The lowest BCUT2D eigenvalue weighted by atomic mass is 9.90. The Labute approximate surface area is 272 Å². The van der Waals surface area contributed by atoms with Crippen LogP contribution in [-0.2, 0) is 17.8 Å². The average Bonchev–Trinajstić information content (AvgIpc) is 3.43. The number of hydrogen-bond donors (Lipinski definition) is 4. The highest BCUT2D eigenvalue weighted by Gasteiger charge is 2.26. The summed E-state index contributed by atoms with van der Waals surface area (Å²) in [5.41, 5.74) is 10.9. The van der Waals surface area contributed by atoms with E-state index in [0.717, 1.165) is 56.6 Å². The summed E-state index contributed by atoms with van der Waals surface area (Å²) in [5, 5.41) is 19.3. The van der Waals surface area contributed by atoms with Crippen LogP contribution >= 0.6 is 11.3 Å². The van der Waals surface area contributed by atoms with Crippen LogP contribution in [0, 0.1) is 5.92 Å². The lowest BCUT2D eigenvalue weighted by molar-refractivity contribution is -0.104. The van der Waals surface area contributed by atoms with Crippen LogP contribution in [0.25, 0.3) is 0 Å². The van der Waals surface area contributed by atoms with Gasteiger partial charge in [-0.3, -0.25) is 20.1 Å².